The summed E-state index contributed by atoms with van der Waals surface area (Å²) in [5, 5.41) is 4.02. The highest BCUT2D eigenvalue weighted by atomic mass is 19.1. The van der Waals surface area contributed by atoms with Gasteiger partial charge in [0.1, 0.15) is 12.1 Å². The summed E-state index contributed by atoms with van der Waals surface area (Å²) in [5.74, 6) is 0.394. The molecule has 6 rings (SSSR count). The van der Waals surface area contributed by atoms with E-state index >= 15 is 0 Å². The van der Waals surface area contributed by atoms with Crippen molar-refractivity contribution in [3.05, 3.63) is 96.4 Å². The van der Waals surface area contributed by atoms with Gasteiger partial charge < -0.3 is 9.42 Å². The molecule has 7 nitrogen and oxygen atoms in total. The number of carbonyl (C=O) groups excluding carboxylic acids is 1. The van der Waals surface area contributed by atoms with Crippen molar-refractivity contribution in [1.29, 1.82) is 0 Å². The predicted octanol–water partition coefficient (Wildman–Crippen LogP) is 5.23. The fourth-order valence-electron chi connectivity index (χ4n) is 4.62. The Morgan fingerprint density at radius 1 is 1.03 bits per heavy atom. The number of para-hydroxylation sites is 2. The van der Waals surface area contributed by atoms with Crippen molar-refractivity contribution in [3.63, 3.8) is 0 Å². The molecule has 0 N–H and O–H groups in total. The zero-order valence-corrected chi connectivity index (χ0v) is 18.8. The number of rotatable bonds is 4. The lowest BCUT2D eigenvalue weighted by atomic mass is 9.97. The van der Waals surface area contributed by atoms with Gasteiger partial charge in [-0.1, -0.05) is 29.4 Å². The second-order valence-electron chi connectivity index (χ2n) is 8.71. The van der Waals surface area contributed by atoms with Crippen LogP contribution in [0.1, 0.15) is 35.0 Å². The van der Waals surface area contributed by atoms with Crippen LogP contribution < -0.4 is 0 Å². The molecule has 0 aliphatic carbocycles. The van der Waals surface area contributed by atoms with E-state index in [1.54, 1.807) is 18.5 Å². The van der Waals surface area contributed by atoms with Crippen LogP contribution in [0.25, 0.3) is 28.1 Å². The summed E-state index contributed by atoms with van der Waals surface area (Å²) >= 11 is 0. The number of nitrogens with zero attached hydrogens (tertiary/aromatic N) is 5. The molecule has 0 spiro atoms. The highest BCUT2D eigenvalue weighted by Gasteiger charge is 2.29. The van der Waals surface area contributed by atoms with E-state index in [1.807, 2.05) is 58.0 Å². The first kappa shape index (κ1) is 21.2. The molecule has 1 aliphatic rings. The molecule has 1 saturated heterocycles. The van der Waals surface area contributed by atoms with Crippen LogP contribution in [0, 0.1) is 5.82 Å². The highest BCUT2D eigenvalue weighted by Crippen LogP contribution is 2.29. The largest absolute Gasteiger partial charge is 0.339 e. The third-order valence-corrected chi connectivity index (χ3v) is 6.43. The van der Waals surface area contributed by atoms with Gasteiger partial charge in [0.15, 0.2) is 0 Å². The molecule has 0 saturated carbocycles. The van der Waals surface area contributed by atoms with Gasteiger partial charge in [0.05, 0.1) is 17.0 Å². The van der Waals surface area contributed by atoms with Crippen molar-refractivity contribution in [2.45, 2.75) is 18.8 Å². The minimum Gasteiger partial charge on any atom is -0.339 e. The topological polar surface area (TPSA) is 77.1 Å². The Labute approximate surface area is 200 Å². The van der Waals surface area contributed by atoms with Crippen molar-refractivity contribution >= 4 is 16.9 Å². The summed E-state index contributed by atoms with van der Waals surface area (Å²) < 4.78 is 21.1. The quantitative estimate of drug-likeness (QED) is 0.362. The minimum atomic E-state index is -0.351. The molecule has 1 fully saturated rings. The molecule has 1 aliphatic heterocycles. The van der Waals surface area contributed by atoms with Gasteiger partial charge in [0.2, 0.25) is 11.7 Å². The van der Waals surface area contributed by atoms with Gasteiger partial charge in [-0.05, 0) is 61.4 Å². The first-order valence-electron chi connectivity index (χ1n) is 11.6. The Balaban J connectivity index is 1.18. The number of hydrogen-bond acceptors (Lipinski definition) is 5. The summed E-state index contributed by atoms with van der Waals surface area (Å²) in [6, 6.07) is 21.6. The van der Waals surface area contributed by atoms with Crippen LogP contribution in [0.5, 0.6) is 0 Å². The van der Waals surface area contributed by atoms with Gasteiger partial charge in [-0.2, -0.15) is 4.98 Å². The molecule has 5 aromatic rings. The number of likely N-dealkylation sites (tertiary alicyclic amines) is 1. The number of imidazole rings is 1. The highest BCUT2D eigenvalue weighted by molar-refractivity contribution is 5.94. The number of aromatic nitrogens is 4. The Morgan fingerprint density at radius 3 is 2.74 bits per heavy atom. The zero-order chi connectivity index (χ0) is 23.8. The second kappa shape index (κ2) is 8.79. The molecule has 3 heterocycles. The van der Waals surface area contributed by atoms with E-state index in [0.717, 1.165) is 29.6 Å². The van der Waals surface area contributed by atoms with E-state index in [4.69, 9.17) is 4.52 Å². The molecule has 174 valence electrons. The van der Waals surface area contributed by atoms with E-state index < -0.39 is 0 Å². The summed E-state index contributed by atoms with van der Waals surface area (Å²) in [7, 11) is 0. The number of carbonyl (C=O) groups is 1. The molecule has 8 heteroatoms. The van der Waals surface area contributed by atoms with Crippen molar-refractivity contribution in [1.82, 2.24) is 24.6 Å². The van der Waals surface area contributed by atoms with Crippen LogP contribution in [-0.4, -0.2) is 43.6 Å². The van der Waals surface area contributed by atoms with Crippen molar-refractivity contribution in [2.75, 3.05) is 13.1 Å². The molecule has 0 bridgehead atoms. The molecule has 1 unspecified atom stereocenters. The van der Waals surface area contributed by atoms with E-state index in [9.17, 15) is 9.18 Å². The van der Waals surface area contributed by atoms with Crippen molar-refractivity contribution < 1.29 is 13.7 Å². The normalized spacial score (nSPS) is 16.0. The Kier molecular flexibility index (Phi) is 5.33. The lowest BCUT2D eigenvalue weighted by Crippen LogP contribution is -2.39. The first-order valence-corrected chi connectivity index (χ1v) is 11.6. The molecule has 0 radical (unpaired) electrons. The number of piperidine rings is 1. The maximum Gasteiger partial charge on any atom is 0.253 e. The Morgan fingerprint density at radius 2 is 1.89 bits per heavy atom. The van der Waals surface area contributed by atoms with E-state index in [0.29, 0.717) is 35.9 Å². The average molecular weight is 468 g/mol. The number of benzene rings is 3. The van der Waals surface area contributed by atoms with E-state index in [-0.39, 0.29) is 17.6 Å². The third-order valence-electron chi connectivity index (χ3n) is 6.43. The lowest BCUT2D eigenvalue weighted by molar-refractivity contribution is 0.0695. The minimum absolute atomic E-state index is 0.0263. The molecule has 35 heavy (non-hydrogen) atoms. The molecular formula is C27H22FN5O2. The van der Waals surface area contributed by atoms with Crippen LogP contribution in [0.4, 0.5) is 4.39 Å². The van der Waals surface area contributed by atoms with Crippen LogP contribution in [0.3, 0.4) is 0 Å². The monoisotopic (exact) mass is 467 g/mol. The van der Waals surface area contributed by atoms with Gasteiger partial charge >= 0.3 is 0 Å². The Hall–Kier alpha value is -4.33. The van der Waals surface area contributed by atoms with Crippen LogP contribution in [0.15, 0.2) is 83.6 Å². The molecular weight excluding hydrogens is 445 g/mol. The first-order chi connectivity index (χ1) is 17.2. The van der Waals surface area contributed by atoms with Crippen molar-refractivity contribution in [2.24, 2.45) is 0 Å². The maximum absolute atomic E-state index is 13.6. The van der Waals surface area contributed by atoms with Gasteiger partial charge in [-0.15, -0.1) is 0 Å². The van der Waals surface area contributed by atoms with Crippen molar-refractivity contribution in [3.8, 4) is 17.1 Å². The predicted molar refractivity (Wildman–Crippen MR) is 129 cm³/mol. The summed E-state index contributed by atoms with van der Waals surface area (Å²) in [4.78, 5) is 24.0. The molecule has 3 aromatic carbocycles. The van der Waals surface area contributed by atoms with Crippen LogP contribution in [-0.2, 0) is 0 Å². The van der Waals surface area contributed by atoms with Gasteiger partial charge in [-0.3, -0.25) is 9.36 Å². The standard InChI is InChI=1S/C27H22FN5O2/c28-21-7-3-5-19(15-21)25-30-26(35-31-25)20-6-4-14-32(16-20)27(34)18-10-12-22(13-11-18)33-17-29-23-8-1-2-9-24(23)33/h1-3,5,7-13,15,17,20H,4,6,14,16H2. The second-order valence-corrected chi connectivity index (χ2v) is 8.71. The Bertz CT molecular complexity index is 1510. The van der Waals surface area contributed by atoms with Crippen LogP contribution in [0.2, 0.25) is 0 Å². The molecule has 1 amide bonds. The molecule has 2 aromatic heterocycles. The fourth-order valence-corrected chi connectivity index (χ4v) is 4.62. The fraction of sp³-hybridized carbons (Fsp3) is 0.185. The van der Waals surface area contributed by atoms with Gasteiger partial charge in [0, 0.05) is 29.9 Å². The number of hydrogen-bond donors (Lipinski definition) is 0. The van der Waals surface area contributed by atoms with Gasteiger partial charge in [-0.25, -0.2) is 9.37 Å². The maximum atomic E-state index is 13.6. The summed E-state index contributed by atoms with van der Waals surface area (Å²) in [6.45, 7) is 1.17. The third kappa shape index (κ3) is 4.07. The van der Waals surface area contributed by atoms with E-state index in [2.05, 4.69) is 15.1 Å². The summed E-state index contributed by atoms with van der Waals surface area (Å²) in [5.41, 5.74) is 4.08. The average Bonchev–Trinajstić information content (AvgIpc) is 3.57. The zero-order valence-electron chi connectivity index (χ0n) is 18.8. The number of fused-ring (bicyclic) bond motifs is 1. The number of halogens is 1. The smallest absolute Gasteiger partial charge is 0.253 e. The lowest BCUT2D eigenvalue weighted by Gasteiger charge is -2.31. The summed E-state index contributed by atoms with van der Waals surface area (Å²) in [6.07, 6.45) is 3.48. The van der Waals surface area contributed by atoms with E-state index in [1.165, 1.54) is 12.1 Å². The van der Waals surface area contributed by atoms with Gasteiger partial charge in [0.25, 0.3) is 5.91 Å². The molecule has 1 atom stereocenters. The number of amides is 1. The van der Waals surface area contributed by atoms with Crippen LogP contribution >= 0.6 is 0 Å². The SMILES string of the molecule is O=C(c1ccc(-n2cnc3ccccc32)cc1)N1CCCC(c2nc(-c3cccc(F)c3)no2)C1.